The van der Waals surface area contributed by atoms with Gasteiger partial charge >= 0.3 is 0 Å². The molecule has 1 aliphatic carbocycles. The van der Waals surface area contributed by atoms with Crippen LogP contribution in [0.1, 0.15) is 52.9 Å². The number of rotatable bonds is 4. The van der Waals surface area contributed by atoms with Gasteiger partial charge in [0.25, 0.3) is 0 Å². The molecule has 1 saturated carbocycles. The van der Waals surface area contributed by atoms with E-state index in [0.717, 1.165) is 12.0 Å². The SMILES string of the molecule is CCC(C)(C)C1CCC(N)C(N2CCC(N(C)C)C2)C1. The first kappa shape index (κ1) is 16.3. The van der Waals surface area contributed by atoms with Crippen LogP contribution in [-0.2, 0) is 0 Å². The quantitative estimate of drug-likeness (QED) is 0.859. The molecule has 2 aliphatic rings. The maximum atomic E-state index is 6.47. The number of nitrogens with two attached hydrogens (primary N) is 1. The first-order valence-corrected chi connectivity index (χ1v) is 8.51. The molecule has 0 bridgehead atoms. The van der Waals surface area contributed by atoms with Crippen molar-refractivity contribution in [1.29, 1.82) is 0 Å². The van der Waals surface area contributed by atoms with Crippen molar-refractivity contribution in [3.05, 3.63) is 0 Å². The Bertz CT molecular complexity index is 313. The number of likely N-dealkylation sites (N-methyl/N-ethyl adjacent to an activating group) is 1. The van der Waals surface area contributed by atoms with E-state index in [1.54, 1.807) is 0 Å². The van der Waals surface area contributed by atoms with Crippen LogP contribution in [0.3, 0.4) is 0 Å². The number of hydrogen-bond acceptors (Lipinski definition) is 3. The molecule has 1 saturated heterocycles. The van der Waals surface area contributed by atoms with Crippen molar-refractivity contribution in [3.63, 3.8) is 0 Å². The Hall–Kier alpha value is -0.120. The maximum Gasteiger partial charge on any atom is 0.0250 e. The van der Waals surface area contributed by atoms with Crippen molar-refractivity contribution < 1.29 is 0 Å². The normalized spacial score (nSPS) is 36.8. The summed E-state index contributed by atoms with van der Waals surface area (Å²) in [6.45, 7) is 9.67. The molecule has 4 unspecified atom stereocenters. The largest absolute Gasteiger partial charge is 0.326 e. The van der Waals surface area contributed by atoms with Crippen molar-refractivity contribution >= 4 is 0 Å². The minimum absolute atomic E-state index is 0.389. The summed E-state index contributed by atoms with van der Waals surface area (Å²) in [5, 5.41) is 0. The summed E-state index contributed by atoms with van der Waals surface area (Å²) in [7, 11) is 4.41. The van der Waals surface area contributed by atoms with Crippen molar-refractivity contribution in [1.82, 2.24) is 9.80 Å². The molecule has 0 radical (unpaired) electrons. The molecule has 0 aromatic carbocycles. The van der Waals surface area contributed by atoms with Crippen molar-refractivity contribution in [2.45, 2.75) is 71.0 Å². The second-order valence-electron chi connectivity index (χ2n) is 7.98. The summed E-state index contributed by atoms with van der Waals surface area (Å²) in [4.78, 5) is 5.06. The second-order valence-corrected chi connectivity index (χ2v) is 7.98. The van der Waals surface area contributed by atoms with Crippen molar-refractivity contribution in [2.24, 2.45) is 17.1 Å². The van der Waals surface area contributed by atoms with Gasteiger partial charge in [0, 0.05) is 31.2 Å². The van der Waals surface area contributed by atoms with E-state index < -0.39 is 0 Å². The molecular weight excluding hydrogens is 246 g/mol. The molecule has 3 heteroatoms. The average molecular weight is 281 g/mol. The van der Waals surface area contributed by atoms with Gasteiger partial charge in [0.2, 0.25) is 0 Å². The van der Waals surface area contributed by atoms with Crippen LogP contribution in [0.5, 0.6) is 0 Å². The minimum Gasteiger partial charge on any atom is -0.326 e. The van der Waals surface area contributed by atoms with E-state index in [2.05, 4.69) is 44.7 Å². The molecule has 118 valence electrons. The molecular formula is C17H35N3. The van der Waals surface area contributed by atoms with E-state index in [-0.39, 0.29) is 0 Å². The third kappa shape index (κ3) is 3.37. The lowest BCUT2D eigenvalue weighted by molar-refractivity contribution is 0.0689. The third-order valence-corrected chi connectivity index (χ3v) is 6.28. The summed E-state index contributed by atoms with van der Waals surface area (Å²) < 4.78 is 0. The van der Waals surface area contributed by atoms with E-state index >= 15 is 0 Å². The van der Waals surface area contributed by atoms with Gasteiger partial charge in [-0.25, -0.2) is 0 Å². The first-order chi connectivity index (χ1) is 9.35. The lowest BCUT2D eigenvalue weighted by Gasteiger charge is -2.45. The zero-order chi connectivity index (χ0) is 14.9. The zero-order valence-electron chi connectivity index (χ0n) is 14.2. The maximum absolute atomic E-state index is 6.47. The molecule has 1 aliphatic heterocycles. The minimum atomic E-state index is 0.389. The summed E-state index contributed by atoms with van der Waals surface area (Å²) in [5.41, 5.74) is 6.94. The number of nitrogens with zero attached hydrogens (tertiary/aromatic N) is 2. The van der Waals surface area contributed by atoms with Gasteiger partial charge in [-0.15, -0.1) is 0 Å². The lowest BCUT2D eigenvalue weighted by Crippen LogP contribution is -2.52. The third-order valence-electron chi connectivity index (χ3n) is 6.28. The highest BCUT2D eigenvalue weighted by molar-refractivity contribution is 4.96. The molecule has 20 heavy (non-hydrogen) atoms. The molecule has 4 atom stereocenters. The van der Waals surface area contributed by atoms with Crippen LogP contribution in [0.4, 0.5) is 0 Å². The summed E-state index contributed by atoms with van der Waals surface area (Å²) in [6.07, 6.45) is 6.42. The molecule has 0 aromatic heterocycles. The Morgan fingerprint density at radius 3 is 2.45 bits per heavy atom. The van der Waals surface area contributed by atoms with Crippen LogP contribution in [0.25, 0.3) is 0 Å². The van der Waals surface area contributed by atoms with Crippen LogP contribution < -0.4 is 5.73 Å². The molecule has 2 fully saturated rings. The first-order valence-electron chi connectivity index (χ1n) is 8.51. The van der Waals surface area contributed by atoms with Crippen LogP contribution in [0.2, 0.25) is 0 Å². The van der Waals surface area contributed by atoms with Crippen molar-refractivity contribution in [2.75, 3.05) is 27.2 Å². The molecule has 3 nitrogen and oxygen atoms in total. The summed E-state index contributed by atoms with van der Waals surface area (Å²) >= 11 is 0. The topological polar surface area (TPSA) is 32.5 Å². The van der Waals surface area contributed by atoms with Gasteiger partial charge in [0.05, 0.1) is 0 Å². The van der Waals surface area contributed by atoms with Gasteiger partial charge in [0.15, 0.2) is 0 Å². The molecule has 2 rings (SSSR count). The highest BCUT2D eigenvalue weighted by Gasteiger charge is 2.40. The van der Waals surface area contributed by atoms with E-state index in [1.165, 1.54) is 45.2 Å². The molecule has 0 aromatic rings. The predicted octanol–water partition coefficient (Wildman–Crippen LogP) is 2.55. The standard InChI is InChI=1S/C17H35N3/c1-6-17(2,3)13-7-8-15(18)16(11-13)20-10-9-14(12-20)19(4)5/h13-16H,6-12,18H2,1-5H3. The van der Waals surface area contributed by atoms with Gasteiger partial charge in [-0.3, -0.25) is 4.90 Å². The van der Waals surface area contributed by atoms with Crippen LogP contribution in [0, 0.1) is 11.3 Å². The van der Waals surface area contributed by atoms with Crippen LogP contribution in [-0.4, -0.2) is 55.1 Å². The monoisotopic (exact) mass is 281 g/mol. The van der Waals surface area contributed by atoms with E-state index in [0.29, 0.717) is 17.5 Å². The Kier molecular flexibility index (Phi) is 5.14. The van der Waals surface area contributed by atoms with E-state index in [9.17, 15) is 0 Å². The number of likely N-dealkylation sites (tertiary alicyclic amines) is 1. The van der Waals surface area contributed by atoms with Crippen LogP contribution >= 0.6 is 0 Å². The Balaban J connectivity index is 1.99. The Morgan fingerprint density at radius 1 is 1.20 bits per heavy atom. The highest BCUT2D eigenvalue weighted by Crippen LogP contribution is 2.41. The van der Waals surface area contributed by atoms with Gasteiger partial charge in [-0.1, -0.05) is 27.2 Å². The average Bonchev–Trinajstić information content (AvgIpc) is 2.88. The smallest absolute Gasteiger partial charge is 0.0250 e. The van der Waals surface area contributed by atoms with Gasteiger partial charge in [-0.05, 0) is 51.1 Å². The Morgan fingerprint density at radius 2 is 1.90 bits per heavy atom. The number of hydrogen-bond donors (Lipinski definition) is 1. The highest BCUT2D eigenvalue weighted by atomic mass is 15.3. The summed E-state index contributed by atoms with van der Waals surface area (Å²) in [5.74, 6) is 0.843. The van der Waals surface area contributed by atoms with E-state index in [4.69, 9.17) is 5.73 Å². The molecule has 0 amide bonds. The fourth-order valence-electron chi connectivity index (χ4n) is 4.08. The van der Waals surface area contributed by atoms with Crippen molar-refractivity contribution in [3.8, 4) is 0 Å². The predicted molar refractivity (Wildman–Crippen MR) is 86.8 cm³/mol. The molecule has 0 spiro atoms. The lowest BCUT2D eigenvalue weighted by atomic mass is 9.67. The molecule has 2 N–H and O–H groups in total. The fourth-order valence-corrected chi connectivity index (χ4v) is 4.08. The summed E-state index contributed by atoms with van der Waals surface area (Å²) in [6, 6.07) is 1.73. The zero-order valence-corrected chi connectivity index (χ0v) is 14.2. The second kappa shape index (κ2) is 6.33. The van der Waals surface area contributed by atoms with Crippen LogP contribution in [0.15, 0.2) is 0 Å². The van der Waals surface area contributed by atoms with Gasteiger partial charge < -0.3 is 10.6 Å². The van der Waals surface area contributed by atoms with Gasteiger partial charge in [-0.2, -0.15) is 0 Å². The molecule has 1 heterocycles. The fraction of sp³-hybridized carbons (Fsp3) is 1.00. The Labute approximate surface area is 125 Å². The van der Waals surface area contributed by atoms with Gasteiger partial charge in [0.1, 0.15) is 0 Å². The van der Waals surface area contributed by atoms with E-state index in [1.807, 2.05) is 0 Å².